The van der Waals surface area contributed by atoms with E-state index in [2.05, 4.69) is 5.10 Å². The van der Waals surface area contributed by atoms with Gasteiger partial charge in [-0.05, 0) is 24.3 Å². The van der Waals surface area contributed by atoms with Crippen LogP contribution in [0.2, 0.25) is 0 Å². The van der Waals surface area contributed by atoms with Crippen LogP contribution in [0.4, 0.5) is 10.1 Å². The minimum absolute atomic E-state index is 0.0127. The normalized spacial score (nSPS) is 14.3. The molecular weight excluding hydrogens is 345 g/mol. The average Bonchev–Trinajstić information content (AvgIpc) is 3.20. The molecule has 0 fully saturated rings. The van der Waals surface area contributed by atoms with E-state index < -0.39 is 17.8 Å². The molecule has 0 atom stereocenters. The number of esters is 2. The molecule has 2 heterocycles. The summed E-state index contributed by atoms with van der Waals surface area (Å²) in [6.07, 6.45) is 3.24. The summed E-state index contributed by atoms with van der Waals surface area (Å²) in [6, 6.07) is 5.72. The fourth-order valence-corrected chi connectivity index (χ4v) is 2.65. The average molecular weight is 361 g/mol. The number of methoxy groups -OCH3 is 2. The molecule has 0 saturated heterocycles. The first-order valence-electron chi connectivity index (χ1n) is 7.61. The molecule has 1 aliphatic heterocycles. The zero-order valence-electron chi connectivity index (χ0n) is 14.1. The standard InChI is InChI=1S/C17H16FN3O5/c1-24-16(22)12-9-26-10-20(15(12)17(23)25-2)14-8-11(18)4-5-13(14)21-7-3-6-19-21/h3-8H,9-10H2,1-2H3. The van der Waals surface area contributed by atoms with Crippen molar-refractivity contribution in [2.24, 2.45) is 0 Å². The molecule has 1 aromatic heterocycles. The van der Waals surface area contributed by atoms with Crippen molar-refractivity contribution in [1.29, 1.82) is 0 Å². The van der Waals surface area contributed by atoms with Crippen LogP contribution in [0.3, 0.4) is 0 Å². The summed E-state index contributed by atoms with van der Waals surface area (Å²) >= 11 is 0. The fourth-order valence-electron chi connectivity index (χ4n) is 2.65. The molecule has 2 aromatic rings. The van der Waals surface area contributed by atoms with Crippen LogP contribution in [-0.2, 0) is 23.8 Å². The smallest absolute Gasteiger partial charge is 0.355 e. The van der Waals surface area contributed by atoms with Crippen LogP contribution in [0.15, 0.2) is 47.9 Å². The summed E-state index contributed by atoms with van der Waals surface area (Å²) in [5.74, 6) is -2.01. The molecule has 1 aromatic carbocycles. The molecule has 0 bridgehead atoms. The van der Waals surface area contributed by atoms with E-state index in [0.717, 1.165) is 0 Å². The van der Waals surface area contributed by atoms with Gasteiger partial charge in [-0.2, -0.15) is 5.10 Å². The third-order valence-corrected chi connectivity index (χ3v) is 3.81. The molecule has 0 radical (unpaired) electrons. The number of anilines is 1. The maximum absolute atomic E-state index is 14.0. The highest BCUT2D eigenvalue weighted by Gasteiger charge is 2.33. The minimum Gasteiger partial charge on any atom is -0.466 e. The summed E-state index contributed by atoms with van der Waals surface area (Å²) in [5, 5.41) is 4.13. The van der Waals surface area contributed by atoms with E-state index in [1.165, 1.54) is 42.0 Å². The molecule has 0 aliphatic carbocycles. The number of hydrogen-bond acceptors (Lipinski definition) is 7. The molecular formula is C17H16FN3O5. The van der Waals surface area contributed by atoms with Gasteiger partial charge in [-0.3, -0.25) is 0 Å². The summed E-state index contributed by atoms with van der Waals surface area (Å²) in [7, 11) is 2.39. The Morgan fingerprint density at radius 2 is 1.96 bits per heavy atom. The highest BCUT2D eigenvalue weighted by Crippen LogP contribution is 2.32. The number of aromatic nitrogens is 2. The molecule has 26 heavy (non-hydrogen) atoms. The Bertz CT molecular complexity index is 863. The number of nitrogens with zero attached hydrogens (tertiary/aromatic N) is 3. The van der Waals surface area contributed by atoms with Crippen molar-refractivity contribution < 1.29 is 28.2 Å². The van der Waals surface area contributed by atoms with Gasteiger partial charge in [-0.1, -0.05) is 0 Å². The van der Waals surface area contributed by atoms with Crippen molar-refractivity contribution >= 4 is 17.6 Å². The van der Waals surface area contributed by atoms with Gasteiger partial charge >= 0.3 is 11.9 Å². The number of halogens is 1. The van der Waals surface area contributed by atoms with Crippen LogP contribution in [0, 0.1) is 5.82 Å². The molecule has 136 valence electrons. The topological polar surface area (TPSA) is 82.9 Å². The largest absolute Gasteiger partial charge is 0.466 e. The van der Waals surface area contributed by atoms with Gasteiger partial charge in [0.25, 0.3) is 0 Å². The van der Waals surface area contributed by atoms with E-state index in [0.29, 0.717) is 5.69 Å². The predicted molar refractivity (Wildman–Crippen MR) is 87.9 cm³/mol. The van der Waals surface area contributed by atoms with Crippen molar-refractivity contribution in [2.45, 2.75) is 0 Å². The lowest BCUT2D eigenvalue weighted by atomic mass is 10.1. The van der Waals surface area contributed by atoms with Crippen LogP contribution in [0.5, 0.6) is 0 Å². The van der Waals surface area contributed by atoms with Gasteiger partial charge in [-0.25, -0.2) is 18.7 Å². The van der Waals surface area contributed by atoms with Crippen LogP contribution in [0.25, 0.3) is 5.69 Å². The summed E-state index contributed by atoms with van der Waals surface area (Å²) in [6.45, 7) is -0.206. The molecule has 0 spiro atoms. The highest BCUT2D eigenvalue weighted by atomic mass is 19.1. The number of carbonyl (C=O) groups is 2. The molecule has 3 rings (SSSR count). The fraction of sp³-hybridized carbons (Fsp3) is 0.235. The summed E-state index contributed by atoms with van der Waals surface area (Å²) in [5.41, 5.74) is 0.702. The van der Waals surface area contributed by atoms with Gasteiger partial charge in [-0.15, -0.1) is 0 Å². The van der Waals surface area contributed by atoms with E-state index in [9.17, 15) is 14.0 Å². The predicted octanol–water partition coefficient (Wildman–Crippen LogP) is 1.41. The lowest BCUT2D eigenvalue weighted by Crippen LogP contribution is -2.39. The Labute approximate surface area is 148 Å². The quantitative estimate of drug-likeness (QED) is 0.762. The molecule has 0 amide bonds. The molecule has 0 unspecified atom stereocenters. The van der Waals surface area contributed by atoms with E-state index in [1.807, 2.05) is 0 Å². The van der Waals surface area contributed by atoms with Crippen LogP contribution in [0.1, 0.15) is 0 Å². The monoisotopic (exact) mass is 361 g/mol. The molecule has 1 aliphatic rings. The zero-order chi connectivity index (χ0) is 18.7. The third-order valence-electron chi connectivity index (χ3n) is 3.81. The molecule has 8 nitrogen and oxygen atoms in total. The van der Waals surface area contributed by atoms with Crippen molar-refractivity contribution in [3.63, 3.8) is 0 Å². The van der Waals surface area contributed by atoms with E-state index >= 15 is 0 Å². The lowest BCUT2D eigenvalue weighted by molar-refractivity contribution is -0.140. The second-order valence-corrected chi connectivity index (χ2v) is 5.30. The van der Waals surface area contributed by atoms with Crippen LogP contribution >= 0.6 is 0 Å². The second kappa shape index (κ2) is 7.36. The second-order valence-electron chi connectivity index (χ2n) is 5.30. The zero-order valence-corrected chi connectivity index (χ0v) is 14.1. The van der Waals surface area contributed by atoms with Crippen molar-refractivity contribution in [1.82, 2.24) is 9.78 Å². The number of carbonyl (C=O) groups excluding carboxylic acids is 2. The number of benzene rings is 1. The minimum atomic E-state index is -0.760. The van der Waals surface area contributed by atoms with Crippen molar-refractivity contribution in [3.05, 3.63) is 53.7 Å². The van der Waals surface area contributed by atoms with Gasteiger partial charge < -0.3 is 19.1 Å². The SMILES string of the molecule is COC(=O)C1=C(C(=O)OC)N(c2cc(F)ccc2-n2cccn2)COC1. The van der Waals surface area contributed by atoms with Gasteiger partial charge in [0, 0.05) is 12.4 Å². The summed E-state index contributed by atoms with van der Waals surface area (Å²) in [4.78, 5) is 25.8. The van der Waals surface area contributed by atoms with Crippen molar-refractivity contribution in [2.75, 3.05) is 32.5 Å². The Kier molecular flexibility index (Phi) is 4.99. The first-order valence-corrected chi connectivity index (χ1v) is 7.61. The molecule has 0 saturated carbocycles. The Hall–Kier alpha value is -3.20. The third kappa shape index (κ3) is 3.16. The van der Waals surface area contributed by atoms with Crippen LogP contribution < -0.4 is 4.90 Å². The first-order chi connectivity index (χ1) is 12.6. The Morgan fingerprint density at radius 3 is 2.62 bits per heavy atom. The first kappa shape index (κ1) is 17.6. The van der Waals surface area contributed by atoms with Crippen molar-refractivity contribution in [3.8, 4) is 5.69 Å². The molecule has 0 N–H and O–H groups in total. The van der Waals surface area contributed by atoms with E-state index in [1.54, 1.807) is 18.5 Å². The van der Waals surface area contributed by atoms with Gasteiger partial charge in [0.1, 0.15) is 18.2 Å². The summed E-state index contributed by atoms with van der Waals surface area (Å²) < 4.78 is 30.4. The van der Waals surface area contributed by atoms with E-state index in [-0.39, 0.29) is 30.3 Å². The van der Waals surface area contributed by atoms with Crippen LogP contribution in [-0.4, -0.2) is 49.3 Å². The Balaban J connectivity index is 2.20. The van der Waals surface area contributed by atoms with E-state index in [4.69, 9.17) is 14.2 Å². The highest BCUT2D eigenvalue weighted by molar-refractivity contribution is 6.03. The maximum atomic E-state index is 14.0. The maximum Gasteiger partial charge on any atom is 0.355 e. The van der Waals surface area contributed by atoms with Gasteiger partial charge in [0.2, 0.25) is 0 Å². The van der Waals surface area contributed by atoms with Gasteiger partial charge in [0.15, 0.2) is 0 Å². The van der Waals surface area contributed by atoms with Gasteiger partial charge in [0.05, 0.1) is 37.8 Å². The number of ether oxygens (including phenoxy) is 3. The Morgan fingerprint density at radius 1 is 1.19 bits per heavy atom. The number of rotatable bonds is 4. The number of hydrogen-bond donors (Lipinski definition) is 0. The lowest BCUT2D eigenvalue weighted by Gasteiger charge is -2.32. The molecule has 9 heteroatoms.